The van der Waals surface area contributed by atoms with E-state index < -0.39 is 12.1 Å². The first-order chi connectivity index (χ1) is 11.0. The number of rotatable bonds is 5. The van der Waals surface area contributed by atoms with Crippen LogP contribution in [0.3, 0.4) is 0 Å². The number of benzene rings is 1. The van der Waals surface area contributed by atoms with Crippen LogP contribution in [0.25, 0.3) is 0 Å². The fraction of sp³-hybridized carbons (Fsp3) is 0.529. The number of methoxy groups -OCH3 is 1. The van der Waals surface area contributed by atoms with Gasteiger partial charge in [-0.15, -0.1) is 0 Å². The van der Waals surface area contributed by atoms with E-state index in [2.05, 4.69) is 15.4 Å². The molecule has 2 N–H and O–H groups in total. The largest absolute Gasteiger partial charge is 0.491 e. The molecule has 0 fully saturated rings. The Balaban J connectivity index is 1.97. The molecule has 0 aromatic heterocycles. The predicted molar refractivity (Wildman–Crippen MR) is 86.4 cm³/mol. The van der Waals surface area contributed by atoms with Gasteiger partial charge in [0.05, 0.1) is 13.2 Å². The Kier molecular flexibility index (Phi) is 5.84. The lowest BCUT2D eigenvalue weighted by Crippen LogP contribution is -2.52. The molecular weight excluding hydrogens is 296 g/mol. The van der Waals surface area contributed by atoms with Gasteiger partial charge in [0, 0.05) is 0 Å². The standard InChI is InChI=1S/C17H24N2O4/c1-11(2)8-14(19-17(21)22-3)16(20)18-13-9-12-6-4-5-7-15(12)23-10-13/h4-7,11,13-14H,8-10H2,1-3H3,(H,18,20)(H,19,21)/t13-,14-/m0/s1. The van der Waals surface area contributed by atoms with Crippen molar-refractivity contribution >= 4 is 12.0 Å². The third kappa shape index (κ3) is 4.87. The molecule has 1 aliphatic heterocycles. The number of hydrogen-bond donors (Lipinski definition) is 2. The highest BCUT2D eigenvalue weighted by molar-refractivity contribution is 5.85. The molecule has 0 saturated heterocycles. The molecule has 23 heavy (non-hydrogen) atoms. The van der Waals surface area contributed by atoms with Crippen molar-refractivity contribution in [2.45, 2.75) is 38.8 Å². The molecule has 6 nitrogen and oxygen atoms in total. The minimum atomic E-state index is -0.611. The van der Waals surface area contributed by atoms with Crippen molar-refractivity contribution in [1.29, 1.82) is 0 Å². The third-order valence-electron chi connectivity index (χ3n) is 3.73. The molecule has 6 heteroatoms. The molecule has 1 aliphatic rings. The molecule has 2 rings (SSSR count). The number of ether oxygens (including phenoxy) is 2. The molecular formula is C17H24N2O4. The van der Waals surface area contributed by atoms with Crippen LogP contribution in [-0.4, -0.2) is 37.8 Å². The summed E-state index contributed by atoms with van der Waals surface area (Å²) in [5, 5.41) is 5.55. The van der Waals surface area contributed by atoms with Crippen molar-refractivity contribution in [3.05, 3.63) is 29.8 Å². The van der Waals surface area contributed by atoms with Crippen molar-refractivity contribution in [3.63, 3.8) is 0 Å². The van der Waals surface area contributed by atoms with Crippen LogP contribution >= 0.6 is 0 Å². The van der Waals surface area contributed by atoms with Gasteiger partial charge < -0.3 is 20.1 Å². The van der Waals surface area contributed by atoms with E-state index in [1.54, 1.807) is 0 Å². The third-order valence-corrected chi connectivity index (χ3v) is 3.73. The maximum Gasteiger partial charge on any atom is 0.407 e. The summed E-state index contributed by atoms with van der Waals surface area (Å²) in [7, 11) is 1.28. The van der Waals surface area contributed by atoms with Crippen LogP contribution in [0.5, 0.6) is 5.75 Å². The summed E-state index contributed by atoms with van der Waals surface area (Å²) < 4.78 is 10.3. The zero-order chi connectivity index (χ0) is 16.8. The van der Waals surface area contributed by atoms with Gasteiger partial charge in [-0.3, -0.25) is 4.79 Å². The molecule has 1 heterocycles. The summed E-state index contributed by atoms with van der Waals surface area (Å²) in [6, 6.07) is 7.08. The minimum Gasteiger partial charge on any atom is -0.491 e. The second-order valence-electron chi connectivity index (χ2n) is 6.15. The number of nitrogens with one attached hydrogen (secondary N) is 2. The summed E-state index contributed by atoms with van der Waals surface area (Å²) in [5.74, 6) is 0.924. The molecule has 1 aromatic carbocycles. The number of hydrogen-bond acceptors (Lipinski definition) is 4. The van der Waals surface area contributed by atoms with E-state index in [1.807, 2.05) is 38.1 Å². The average Bonchev–Trinajstić information content (AvgIpc) is 2.53. The highest BCUT2D eigenvalue weighted by Crippen LogP contribution is 2.23. The van der Waals surface area contributed by atoms with Crippen molar-refractivity contribution in [1.82, 2.24) is 10.6 Å². The van der Waals surface area contributed by atoms with Crippen LogP contribution < -0.4 is 15.4 Å². The maximum absolute atomic E-state index is 12.5. The second kappa shape index (κ2) is 7.85. The van der Waals surface area contributed by atoms with Crippen molar-refractivity contribution in [3.8, 4) is 5.75 Å². The zero-order valence-electron chi connectivity index (χ0n) is 13.8. The van der Waals surface area contributed by atoms with Gasteiger partial charge in [-0.05, 0) is 30.4 Å². The van der Waals surface area contributed by atoms with Gasteiger partial charge in [0.15, 0.2) is 0 Å². The van der Waals surface area contributed by atoms with Crippen LogP contribution in [0.4, 0.5) is 4.79 Å². The van der Waals surface area contributed by atoms with Crippen LogP contribution in [0.1, 0.15) is 25.8 Å². The van der Waals surface area contributed by atoms with E-state index in [4.69, 9.17) is 4.74 Å². The lowest BCUT2D eigenvalue weighted by atomic mass is 10.0. The van der Waals surface area contributed by atoms with E-state index in [0.717, 1.165) is 11.3 Å². The number of fused-ring (bicyclic) bond motifs is 1. The Hall–Kier alpha value is -2.24. The predicted octanol–water partition coefficient (Wildman–Crippen LogP) is 1.88. The van der Waals surface area contributed by atoms with Crippen LogP contribution in [-0.2, 0) is 16.0 Å². The Morgan fingerprint density at radius 2 is 2.09 bits per heavy atom. The first-order valence-corrected chi connectivity index (χ1v) is 7.85. The molecule has 0 unspecified atom stereocenters. The number of para-hydroxylation sites is 1. The van der Waals surface area contributed by atoms with Crippen LogP contribution in [0.15, 0.2) is 24.3 Å². The summed E-state index contributed by atoms with van der Waals surface area (Å²) in [4.78, 5) is 23.9. The average molecular weight is 320 g/mol. The molecule has 2 atom stereocenters. The molecule has 0 aliphatic carbocycles. The van der Waals surface area contributed by atoms with Gasteiger partial charge in [-0.25, -0.2) is 4.79 Å². The van der Waals surface area contributed by atoms with Gasteiger partial charge in [0.2, 0.25) is 5.91 Å². The molecule has 0 bridgehead atoms. The quantitative estimate of drug-likeness (QED) is 0.868. The SMILES string of the molecule is COC(=O)N[C@@H](CC(C)C)C(=O)N[C@@H]1COc2ccccc2C1. The summed E-state index contributed by atoms with van der Waals surface area (Å²) >= 11 is 0. The first kappa shape index (κ1) is 17.1. The van der Waals surface area contributed by atoms with E-state index in [0.29, 0.717) is 19.4 Å². The maximum atomic E-state index is 12.5. The Bertz CT molecular complexity index is 559. The molecule has 1 aromatic rings. The van der Waals surface area contributed by atoms with Crippen molar-refractivity contribution in [2.75, 3.05) is 13.7 Å². The first-order valence-electron chi connectivity index (χ1n) is 7.85. The highest BCUT2D eigenvalue weighted by atomic mass is 16.5. The van der Waals surface area contributed by atoms with Crippen molar-refractivity contribution in [2.24, 2.45) is 5.92 Å². The molecule has 0 spiro atoms. The fourth-order valence-corrected chi connectivity index (χ4v) is 2.63. The monoisotopic (exact) mass is 320 g/mol. The van der Waals surface area contributed by atoms with E-state index in [9.17, 15) is 9.59 Å². The second-order valence-corrected chi connectivity index (χ2v) is 6.15. The van der Waals surface area contributed by atoms with E-state index in [1.165, 1.54) is 7.11 Å². The molecule has 0 radical (unpaired) electrons. The number of amides is 2. The normalized spacial score (nSPS) is 17.7. The number of alkyl carbamates (subject to hydrolysis) is 1. The molecule has 126 valence electrons. The summed E-state index contributed by atoms with van der Waals surface area (Å²) in [5.41, 5.74) is 1.07. The number of carbonyl (C=O) groups is 2. The minimum absolute atomic E-state index is 0.105. The van der Waals surface area contributed by atoms with Gasteiger partial charge in [-0.1, -0.05) is 32.0 Å². The smallest absolute Gasteiger partial charge is 0.407 e. The summed E-state index contributed by atoms with van der Waals surface area (Å²) in [6.07, 6.45) is 0.663. The van der Waals surface area contributed by atoms with E-state index in [-0.39, 0.29) is 17.9 Å². The molecule has 2 amide bonds. The molecule has 0 saturated carbocycles. The Labute approximate surface area is 136 Å². The van der Waals surface area contributed by atoms with Gasteiger partial charge in [-0.2, -0.15) is 0 Å². The highest BCUT2D eigenvalue weighted by Gasteiger charge is 2.27. The Morgan fingerprint density at radius 1 is 1.35 bits per heavy atom. The van der Waals surface area contributed by atoms with Crippen LogP contribution in [0.2, 0.25) is 0 Å². The van der Waals surface area contributed by atoms with Gasteiger partial charge >= 0.3 is 6.09 Å². The fourth-order valence-electron chi connectivity index (χ4n) is 2.63. The number of carbonyl (C=O) groups excluding carboxylic acids is 2. The lowest BCUT2D eigenvalue weighted by Gasteiger charge is -2.28. The van der Waals surface area contributed by atoms with Gasteiger partial charge in [0.1, 0.15) is 18.4 Å². The lowest BCUT2D eigenvalue weighted by molar-refractivity contribution is -0.124. The summed E-state index contributed by atoms with van der Waals surface area (Å²) in [6.45, 7) is 4.42. The Morgan fingerprint density at radius 3 is 2.78 bits per heavy atom. The van der Waals surface area contributed by atoms with Gasteiger partial charge in [0.25, 0.3) is 0 Å². The van der Waals surface area contributed by atoms with Crippen LogP contribution in [0, 0.1) is 5.92 Å². The van der Waals surface area contributed by atoms with E-state index >= 15 is 0 Å². The topological polar surface area (TPSA) is 76.7 Å². The van der Waals surface area contributed by atoms with Crippen molar-refractivity contribution < 1.29 is 19.1 Å². The zero-order valence-corrected chi connectivity index (χ0v) is 13.8.